The zero-order chi connectivity index (χ0) is 18.6. The van der Waals surface area contributed by atoms with Gasteiger partial charge in [0, 0.05) is 16.3 Å². The van der Waals surface area contributed by atoms with E-state index in [4.69, 9.17) is 11.6 Å². The number of dihydropyridines is 1. The zero-order valence-corrected chi connectivity index (χ0v) is 15.6. The van der Waals surface area contributed by atoms with Gasteiger partial charge in [-0.05, 0) is 31.5 Å². The Kier molecular flexibility index (Phi) is 6.29. The van der Waals surface area contributed by atoms with E-state index in [1.165, 1.54) is 25.8 Å². The second-order valence-corrected chi connectivity index (χ2v) is 6.85. The normalized spacial score (nSPS) is 17.0. The Morgan fingerprint density at radius 1 is 1.36 bits per heavy atom. The first-order chi connectivity index (χ1) is 11.9. The molecule has 130 valence electrons. The minimum Gasteiger partial charge on any atom is -0.468 e. The molecule has 1 unspecified atom stereocenters. The molecule has 1 heterocycles. The fourth-order valence-electron chi connectivity index (χ4n) is 2.67. The number of thioether (sulfide) groups is 1. The number of benzene rings is 1. The average molecular weight is 377 g/mol. The number of carbonyl (C=O) groups excluding carboxylic acids is 2. The lowest BCUT2D eigenvalue weighted by molar-refractivity contribution is -0.137. The van der Waals surface area contributed by atoms with E-state index in [1.807, 2.05) is 0 Å². The van der Waals surface area contributed by atoms with Crippen LogP contribution < -0.4 is 5.32 Å². The fraction of sp³-hybridized carbons (Fsp3) is 0.278. The molecule has 0 amide bonds. The third kappa shape index (κ3) is 4.25. The van der Waals surface area contributed by atoms with Crippen molar-refractivity contribution in [2.75, 3.05) is 12.9 Å². The van der Waals surface area contributed by atoms with Crippen LogP contribution in [-0.4, -0.2) is 24.6 Å². The minimum absolute atomic E-state index is 0.0695. The first-order valence-electron chi connectivity index (χ1n) is 7.47. The number of methoxy groups -OCH3 is 1. The first kappa shape index (κ1) is 19.1. The molecule has 0 aromatic heterocycles. The maximum absolute atomic E-state index is 12.2. The van der Waals surface area contributed by atoms with Gasteiger partial charge in [-0.15, -0.1) is 0 Å². The van der Waals surface area contributed by atoms with E-state index in [0.29, 0.717) is 26.9 Å². The maximum Gasteiger partial charge on any atom is 0.316 e. The predicted octanol–water partition coefficient (Wildman–Crippen LogP) is 3.53. The predicted molar refractivity (Wildman–Crippen MR) is 97.8 cm³/mol. The molecule has 7 heteroatoms. The van der Waals surface area contributed by atoms with Gasteiger partial charge in [0.1, 0.15) is 0 Å². The lowest BCUT2D eigenvalue weighted by Gasteiger charge is -2.29. The Balaban J connectivity index is 2.53. The number of hydrogen-bond acceptors (Lipinski definition) is 6. The van der Waals surface area contributed by atoms with Gasteiger partial charge < -0.3 is 10.1 Å². The fourth-order valence-corrected chi connectivity index (χ4v) is 3.72. The molecule has 2 rings (SSSR count). The molecule has 1 atom stereocenters. The SMILES string of the molecule is COC(=O)CSC1=C(C#N)C(c2ccc(Cl)cc2)C(C(C)=O)=C(C)N1. The number of Topliss-reactive ketones (excluding diaryl/α,β-unsaturated/α-hetero) is 1. The summed E-state index contributed by atoms with van der Waals surface area (Å²) in [4.78, 5) is 23.6. The molecule has 1 N–H and O–H groups in total. The molecule has 1 aromatic rings. The van der Waals surface area contributed by atoms with Crippen molar-refractivity contribution in [3.8, 4) is 6.07 Å². The molecule has 0 saturated carbocycles. The van der Waals surface area contributed by atoms with Gasteiger partial charge in [0.05, 0.1) is 35.5 Å². The molecule has 1 aliphatic heterocycles. The Morgan fingerprint density at radius 2 is 2.00 bits per heavy atom. The summed E-state index contributed by atoms with van der Waals surface area (Å²) < 4.78 is 4.65. The molecule has 0 bridgehead atoms. The number of nitriles is 1. The molecule has 1 aromatic carbocycles. The Morgan fingerprint density at radius 3 is 2.52 bits per heavy atom. The summed E-state index contributed by atoms with van der Waals surface area (Å²) >= 11 is 7.14. The number of esters is 1. The van der Waals surface area contributed by atoms with Crippen LogP contribution in [0.4, 0.5) is 0 Å². The van der Waals surface area contributed by atoms with Crippen LogP contribution in [0.15, 0.2) is 46.1 Å². The number of hydrogen-bond donors (Lipinski definition) is 1. The minimum atomic E-state index is -0.499. The van der Waals surface area contributed by atoms with Gasteiger partial charge in [0.25, 0.3) is 0 Å². The molecule has 5 nitrogen and oxygen atoms in total. The van der Waals surface area contributed by atoms with E-state index >= 15 is 0 Å². The van der Waals surface area contributed by atoms with Crippen LogP contribution in [0.2, 0.25) is 5.02 Å². The van der Waals surface area contributed by atoms with Crippen LogP contribution >= 0.6 is 23.4 Å². The number of carbonyl (C=O) groups is 2. The molecular weight excluding hydrogens is 360 g/mol. The third-order valence-electron chi connectivity index (χ3n) is 3.79. The van der Waals surface area contributed by atoms with Crippen molar-refractivity contribution >= 4 is 35.1 Å². The molecular formula is C18H17ClN2O3S. The lowest BCUT2D eigenvalue weighted by Crippen LogP contribution is -2.27. The van der Waals surface area contributed by atoms with Crippen LogP contribution in [0, 0.1) is 11.3 Å². The molecule has 0 saturated heterocycles. The molecule has 1 aliphatic rings. The number of halogens is 1. The number of ketones is 1. The van der Waals surface area contributed by atoms with E-state index in [2.05, 4.69) is 16.1 Å². The van der Waals surface area contributed by atoms with Gasteiger partial charge in [-0.3, -0.25) is 9.59 Å². The smallest absolute Gasteiger partial charge is 0.316 e. The van der Waals surface area contributed by atoms with Crippen LogP contribution in [0.3, 0.4) is 0 Å². The molecule has 0 radical (unpaired) electrons. The summed E-state index contributed by atoms with van der Waals surface area (Å²) in [5.74, 6) is -0.936. The van der Waals surface area contributed by atoms with Gasteiger partial charge in [-0.2, -0.15) is 5.26 Å². The second kappa shape index (κ2) is 8.24. The Hall–Kier alpha value is -2.23. The van der Waals surface area contributed by atoms with Gasteiger partial charge in [-0.1, -0.05) is 35.5 Å². The van der Waals surface area contributed by atoms with Crippen molar-refractivity contribution in [2.45, 2.75) is 19.8 Å². The number of ether oxygens (including phenoxy) is 1. The van der Waals surface area contributed by atoms with E-state index in [0.717, 1.165) is 5.56 Å². The van der Waals surface area contributed by atoms with E-state index in [9.17, 15) is 14.9 Å². The zero-order valence-electron chi connectivity index (χ0n) is 14.1. The lowest BCUT2D eigenvalue weighted by atomic mass is 9.81. The van der Waals surface area contributed by atoms with Gasteiger partial charge in [0.15, 0.2) is 5.78 Å². The molecule has 0 spiro atoms. The quantitative estimate of drug-likeness (QED) is 0.792. The number of rotatable bonds is 5. The van der Waals surface area contributed by atoms with E-state index < -0.39 is 11.9 Å². The number of nitrogens with one attached hydrogen (secondary N) is 1. The summed E-state index contributed by atoms with van der Waals surface area (Å²) in [5, 5.41) is 13.9. The maximum atomic E-state index is 12.2. The van der Waals surface area contributed by atoms with Crippen molar-refractivity contribution in [1.82, 2.24) is 5.32 Å². The molecule has 0 aliphatic carbocycles. The van der Waals surface area contributed by atoms with Gasteiger partial charge in [-0.25, -0.2) is 0 Å². The highest BCUT2D eigenvalue weighted by molar-refractivity contribution is 8.03. The molecule has 25 heavy (non-hydrogen) atoms. The summed E-state index contributed by atoms with van der Waals surface area (Å²) in [6.45, 7) is 3.26. The molecule has 0 fully saturated rings. The number of nitrogens with zero attached hydrogens (tertiary/aromatic N) is 1. The van der Waals surface area contributed by atoms with Gasteiger partial charge >= 0.3 is 5.97 Å². The van der Waals surface area contributed by atoms with E-state index in [1.54, 1.807) is 31.2 Å². The summed E-state index contributed by atoms with van der Waals surface area (Å²) in [6, 6.07) is 9.24. The summed E-state index contributed by atoms with van der Waals surface area (Å²) in [6.07, 6.45) is 0. The van der Waals surface area contributed by atoms with Crippen molar-refractivity contribution in [3.05, 3.63) is 56.7 Å². The largest absolute Gasteiger partial charge is 0.468 e. The summed E-state index contributed by atoms with van der Waals surface area (Å²) in [5.41, 5.74) is 2.38. The van der Waals surface area contributed by atoms with Crippen molar-refractivity contribution in [1.29, 1.82) is 5.26 Å². The standard InChI is InChI=1S/C18H17ClN2O3S/c1-10-16(11(2)22)17(12-4-6-13(19)7-5-12)14(8-20)18(21-10)25-9-15(23)24-3/h4-7,17,21H,9H2,1-3H3. The van der Waals surface area contributed by atoms with Crippen molar-refractivity contribution in [3.63, 3.8) is 0 Å². The van der Waals surface area contributed by atoms with Crippen LogP contribution in [-0.2, 0) is 14.3 Å². The Bertz CT molecular complexity index is 807. The monoisotopic (exact) mass is 376 g/mol. The first-order valence-corrected chi connectivity index (χ1v) is 8.83. The van der Waals surface area contributed by atoms with Crippen LogP contribution in [0.1, 0.15) is 25.3 Å². The highest BCUT2D eigenvalue weighted by Crippen LogP contribution is 2.40. The average Bonchev–Trinajstić information content (AvgIpc) is 2.59. The van der Waals surface area contributed by atoms with Crippen LogP contribution in [0.25, 0.3) is 0 Å². The van der Waals surface area contributed by atoms with E-state index in [-0.39, 0.29) is 11.5 Å². The number of allylic oxidation sites excluding steroid dienone is 3. The van der Waals surface area contributed by atoms with Gasteiger partial charge in [0.2, 0.25) is 0 Å². The summed E-state index contributed by atoms with van der Waals surface area (Å²) in [7, 11) is 1.31. The third-order valence-corrected chi connectivity index (χ3v) is 5.03. The van der Waals surface area contributed by atoms with Crippen molar-refractivity contribution in [2.24, 2.45) is 0 Å². The highest BCUT2D eigenvalue weighted by Gasteiger charge is 2.33. The van der Waals surface area contributed by atoms with Crippen molar-refractivity contribution < 1.29 is 14.3 Å². The Labute approximate surface area is 155 Å². The second-order valence-electron chi connectivity index (χ2n) is 5.42. The van der Waals surface area contributed by atoms with Crippen LogP contribution in [0.5, 0.6) is 0 Å². The topological polar surface area (TPSA) is 79.2 Å². The highest BCUT2D eigenvalue weighted by atomic mass is 35.5.